The van der Waals surface area contributed by atoms with Crippen molar-refractivity contribution in [2.45, 2.75) is 12.5 Å². The molecule has 0 saturated heterocycles. The van der Waals surface area contributed by atoms with Crippen molar-refractivity contribution in [1.29, 1.82) is 0 Å². The van der Waals surface area contributed by atoms with E-state index >= 15 is 0 Å². The molecular formula is C18H19ClN2O3. The first kappa shape index (κ1) is 18.0. The highest BCUT2D eigenvalue weighted by Crippen LogP contribution is 2.15. The van der Waals surface area contributed by atoms with Crippen molar-refractivity contribution in [2.75, 3.05) is 13.1 Å². The highest BCUT2D eigenvalue weighted by molar-refractivity contribution is 6.30. The van der Waals surface area contributed by atoms with Crippen molar-refractivity contribution in [3.8, 4) is 0 Å². The topological polar surface area (TPSA) is 78.4 Å². The zero-order valence-electron chi connectivity index (χ0n) is 13.0. The smallest absolute Gasteiger partial charge is 0.251 e. The van der Waals surface area contributed by atoms with Crippen LogP contribution in [0.5, 0.6) is 0 Å². The van der Waals surface area contributed by atoms with E-state index in [1.54, 1.807) is 36.4 Å². The van der Waals surface area contributed by atoms with Gasteiger partial charge in [-0.15, -0.1) is 0 Å². The van der Waals surface area contributed by atoms with Crippen LogP contribution >= 0.6 is 11.6 Å². The third-order valence-corrected chi connectivity index (χ3v) is 3.65. The number of hydrogen-bond donors (Lipinski definition) is 3. The van der Waals surface area contributed by atoms with Gasteiger partial charge in [0.25, 0.3) is 5.91 Å². The van der Waals surface area contributed by atoms with Gasteiger partial charge in [-0.3, -0.25) is 9.59 Å². The molecule has 0 fully saturated rings. The number of rotatable bonds is 7. The second kappa shape index (κ2) is 9.05. The molecule has 6 heteroatoms. The third-order valence-electron chi connectivity index (χ3n) is 3.40. The fraction of sp³-hybridized carbons (Fsp3) is 0.222. The molecule has 0 bridgehead atoms. The van der Waals surface area contributed by atoms with E-state index in [4.69, 9.17) is 11.6 Å². The maximum absolute atomic E-state index is 11.9. The monoisotopic (exact) mass is 346 g/mol. The van der Waals surface area contributed by atoms with Gasteiger partial charge in [-0.25, -0.2) is 0 Å². The van der Waals surface area contributed by atoms with Crippen LogP contribution in [0, 0.1) is 0 Å². The Kier molecular flexibility index (Phi) is 6.78. The maximum atomic E-state index is 11.9. The average Bonchev–Trinajstić information content (AvgIpc) is 2.60. The molecule has 0 aliphatic heterocycles. The first-order chi connectivity index (χ1) is 11.6. The molecule has 0 heterocycles. The summed E-state index contributed by atoms with van der Waals surface area (Å²) in [7, 11) is 0. The molecule has 1 atom stereocenters. The first-order valence-electron chi connectivity index (χ1n) is 7.60. The van der Waals surface area contributed by atoms with Crippen molar-refractivity contribution in [2.24, 2.45) is 0 Å². The number of carbonyl (C=O) groups excluding carboxylic acids is 2. The van der Waals surface area contributed by atoms with Crippen LogP contribution in [0.1, 0.15) is 28.4 Å². The normalized spacial score (nSPS) is 11.6. The second-order valence-electron chi connectivity index (χ2n) is 5.24. The lowest BCUT2D eigenvalue weighted by Crippen LogP contribution is -2.35. The van der Waals surface area contributed by atoms with Crippen molar-refractivity contribution < 1.29 is 14.7 Å². The standard InChI is InChI=1S/C18H19ClN2O3/c19-15-8-6-14(7-9-15)18(24)21-11-10-20-17(23)12-16(22)13-4-2-1-3-5-13/h1-9,16,22H,10-12H2,(H,20,23)(H,21,24). The molecule has 2 aromatic rings. The Morgan fingerprint density at radius 1 is 0.958 bits per heavy atom. The first-order valence-corrected chi connectivity index (χ1v) is 7.97. The van der Waals surface area contributed by atoms with Gasteiger partial charge in [0.05, 0.1) is 12.5 Å². The van der Waals surface area contributed by atoms with Gasteiger partial charge in [-0.05, 0) is 29.8 Å². The summed E-state index contributed by atoms with van der Waals surface area (Å²) >= 11 is 5.76. The van der Waals surface area contributed by atoms with E-state index in [-0.39, 0.29) is 18.2 Å². The Labute approximate surface area is 145 Å². The van der Waals surface area contributed by atoms with E-state index in [0.29, 0.717) is 29.2 Å². The van der Waals surface area contributed by atoms with Crippen LogP contribution in [0.4, 0.5) is 0 Å². The Morgan fingerprint density at radius 3 is 2.25 bits per heavy atom. The third kappa shape index (κ3) is 5.68. The van der Waals surface area contributed by atoms with Gasteiger partial charge in [0.1, 0.15) is 0 Å². The Bertz CT molecular complexity index is 674. The number of carbonyl (C=O) groups is 2. The number of hydrogen-bond acceptors (Lipinski definition) is 3. The largest absolute Gasteiger partial charge is 0.388 e. The number of nitrogens with one attached hydrogen (secondary N) is 2. The summed E-state index contributed by atoms with van der Waals surface area (Å²) < 4.78 is 0. The number of aliphatic hydroxyl groups excluding tert-OH is 1. The molecule has 0 spiro atoms. The molecule has 126 valence electrons. The summed E-state index contributed by atoms with van der Waals surface area (Å²) in [4.78, 5) is 23.6. The fourth-order valence-corrected chi connectivity index (χ4v) is 2.25. The Balaban J connectivity index is 1.67. The van der Waals surface area contributed by atoms with E-state index in [0.717, 1.165) is 0 Å². The van der Waals surface area contributed by atoms with Gasteiger partial charge < -0.3 is 15.7 Å². The quantitative estimate of drug-likeness (QED) is 0.673. The molecule has 0 radical (unpaired) electrons. The molecular weight excluding hydrogens is 328 g/mol. The predicted molar refractivity (Wildman–Crippen MR) is 92.8 cm³/mol. The van der Waals surface area contributed by atoms with Gasteiger partial charge in [0, 0.05) is 23.7 Å². The SMILES string of the molecule is O=C(CC(O)c1ccccc1)NCCNC(=O)c1ccc(Cl)cc1. The number of aliphatic hydroxyl groups is 1. The zero-order valence-corrected chi connectivity index (χ0v) is 13.8. The zero-order chi connectivity index (χ0) is 17.4. The van der Waals surface area contributed by atoms with Crippen LogP contribution < -0.4 is 10.6 Å². The van der Waals surface area contributed by atoms with Crippen LogP contribution in [-0.2, 0) is 4.79 Å². The summed E-state index contributed by atoms with van der Waals surface area (Å²) in [5.74, 6) is -0.502. The van der Waals surface area contributed by atoms with Gasteiger partial charge in [0.2, 0.25) is 5.91 Å². The van der Waals surface area contributed by atoms with E-state index in [1.165, 1.54) is 0 Å². The van der Waals surface area contributed by atoms with Crippen molar-refractivity contribution in [3.63, 3.8) is 0 Å². The van der Waals surface area contributed by atoms with Gasteiger partial charge in [-0.1, -0.05) is 41.9 Å². The molecule has 2 amide bonds. The lowest BCUT2D eigenvalue weighted by Gasteiger charge is -2.11. The minimum atomic E-state index is -0.838. The van der Waals surface area contributed by atoms with Crippen molar-refractivity contribution in [3.05, 3.63) is 70.7 Å². The van der Waals surface area contributed by atoms with E-state index in [1.807, 2.05) is 18.2 Å². The van der Waals surface area contributed by atoms with Gasteiger partial charge in [0.15, 0.2) is 0 Å². The molecule has 0 aliphatic rings. The van der Waals surface area contributed by atoms with Crippen LogP contribution in [0.25, 0.3) is 0 Å². The van der Waals surface area contributed by atoms with E-state index in [9.17, 15) is 14.7 Å². The van der Waals surface area contributed by atoms with Crippen LogP contribution in [0.3, 0.4) is 0 Å². The average molecular weight is 347 g/mol. The van der Waals surface area contributed by atoms with Crippen molar-refractivity contribution >= 4 is 23.4 Å². The summed E-state index contributed by atoms with van der Waals surface area (Å²) in [6.45, 7) is 0.592. The molecule has 2 aromatic carbocycles. The van der Waals surface area contributed by atoms with E-state index < -0.39 is 6.10 Å². The highest BCUT2D eigenvalue weighted by Gasteiger charge is 2.12. The highest BCUT2D eigenvalue weighted by atomic mass is 35.5. The maximum Gasteiger partial charge on any atom is 0.251 e. The number of halogens is 1. The molecule has 0 aromatic heterocycles. The van der Waals surface area contributed by atoms with E-state index in [2.05, 4.69) is 10.6 Å². The lowest BCUT2D eigenvalue weighted by molar-refractivity contribution is -0.123. The molecule has 2 rings (SSSR count). The minimum Gasteiger partial charge on any atom is -0.388 e. The Hall–Kier alpha value is -2.37. The summed E-state index contributed by atoms with van der Waals surface area (Å²) in [5.41, 5.74) is 1.20. The number of benzene rings is 2. The predicted octanol–water partition coefficient (Wildman–Crippen LogP) is 2.31. The molecule has 24 heavy (non-hydrogen) atoms. The second-order valence-corrected chi connectivity index (χ2v) is 5.68. The van der Waals surface area contributed by atoms with Crippen LogP contribution in [0.2, 0.25) is 5.02 Å². The van der Waals surface area contributed by atoms with Crippen molar-refractivity contribution in [1.82, 2.24) is 10.6 Å². The Morgan fingerprint density at radius 2 is 1.58 bits per heavy atom. The molecule has 0 aliphatic carbocycles. The minimum absolute atomic E-state index is 0.0187. The summed E-state index contributed by atoms with van der Waals surface area (Å²) in [6.07, 6.45) is -0.857. The van der Waals surface area contributed by atoms with Gasteiger partial charge >= 0.3 is 0 Å². The molecule has 3 N–H and O–H groups in total. The molecule has 0 saturated carbocycles. The molecule has 1 unspecified atom stereocenters. The fourth-order valence-electron chi connectivity index (χ4n) is 2.12. The summed E-state index contributed by atoms with van der Waals surface area (Å²) in [6, 6.07) is 15.5. The van der Waals surface area contributed by atoms with Crippen LogP contribution in [0.15, 0.2) is 54.6 Å². The van der Waals surface area contributed by atoms with Crippen LogP contribution in [-0.4, -0.2) is 30.0 Å². The number of amides is 2. The lowest BCUT2D eigenvalue weighted by atomic mass is 10.1. The van der Waals surface area contributed by atoms with Gasteiger partial charge in [-0.2, -0.15) is 0 Å². The molecule has 5 nitrogen and oxygen atoms in total. The summed E-state index contributed by atoms with van der Waals surface area (Å²) in [5, 5.41) is 15.9.